The average Bonchev–Trinajstić information content (AvgIpc) is 3.04. The number of benzene rings is 1. The highest BCUT2D eigenvalue weighted by Gasteiger charge is 2.14. The van der Waals surface area contributed by atoms with Gasteiger partial charge in [0.15, 0.2) is 0 Å². The maximum atomic E-state index is 8.88. The molecule has 0 unspecified atom stereocenters. The van der Waals surface area contributed by atoms with E-state index in [4.69, 9.17) is 15.3 Å². The van der Waals surface area contributed by atoms with Crippen LogP contribution < -0.4 is 4.74 Å². The van der Waals surface area contributed by atoms with Gasteiger partial charge in [-0.2, -0.15) is 10.5 Å². The lowest BCUT2D eigenvalue weighted by Gasteiger charge is -2.18. The topological polar surface area (TPSA) is 60.0 Å². The molecule has 1 heterocycles. The van der Waals surface area contributed by atoms with Crippen molar-refractivity contribution in [2.75, 3.05) is 19.7 Å². The van der Waals surface area contributed by atoms with Crippen molar-refractivity contribution in [2.24, 2.45) is 0 Å². The van der Waals surface area contributed by atoms with Crippen molar-refractivity contribution in [3.8, 4) is 17.9 Å². The quantitative estimate of drug-likeness (QED) is 0.754. The molecule has 1 aliphatic heterocycles. The Hall–Kier alpha value is -2.30. The molecule has 0 aliphatic carbocycles. The van der Waals surface area contributed by atoms with Gasteiger partial charge >= 0.3 is 0 Å². The van der Waals surface area contributed by atoms with E-state index in [0.29, 0.717) is 6.61 Å². The third-order valence-corrected chi connectivity index (χ3v) is 3.69. The minimum absolute atomic E-state index is 0.120. The summed E-state index contributed by atoms with van der Waals surface area (Å²) in [6.45, 7) is 5.88. The first-order valence-electron chi connectivity index (χ1n) is 7.76. The van der Waals surface area contributed by atoms with Crippen LogP contribution >= 0.6 is 0 Å². The second kappa shape index (κ2) is 8.22. The number of ether oxygens (including phenoxy) is 1. The van der Waals surface area contributed by atoms with E-state index in [2.05, 4.69) is 11.8 Å². The lowest BCUT2D eigenvalue weighted by atomic mass is 10.1. The molecule has 0 saturated carbocycles. The zero-order chi connectivity index (χ0) is 15.8. The molecule has 0 spiro atoms. The van der Waals surface area contributed by atoms with Gasteiger partial charge in [-0.05, 0) is 56.1 Å². The lowest BCUT2D eigenvalue weighted by molar-refractivity contribution is 0.293. The van der Waals surface area contributed by atoms with Gasteiger partial charge in [0.05, 0.1) is 6.61 Å². The number of hydrogen-bond acceptors (Lipinski definition) is 4. The molecule has 1 fully saturated rings. The second-order valence-electron chi connectivity index (χ2n) is 5.48. The average molecular weight is 295 g/mol. The Bertz CT molecular complexity index is 600. The standard InChI is InChI=1S/C18H21N3O/c1-2-9-22-18-6-5-15(10-16(12-19)13-20)11-17(18)14-21-7-3-4-8-21/h5-6,10-11H,2-4,7-9,14H2,1H3. The molecule has 1 saturated heterocycles. The number of nitriles is 2. The first kappa shape index (κ1) is 16.1. The van der Waals surface area contributed by atoms with Gasteiger partial charge in [0.2, 0.25) is 0 Å². The van der Waals surface area contributed by atoms with Gasteiger partial charge < -0.3 is 4.74 Å². The molecule has 0 atom stereocenters. The van der Waals surface area contributed by atoms with Crippen LogP contribution in [-0.2, 0) is 6.54 Å². The van der Waals surface area contributed by atoms with Crippen LogP contribution in [0.1, 0.15) is 37.3 Å². The van der Waals surface area contributed by atoms with E-state index in [0.717, 1.165) is 42.9 Å². The first-order chi connectivity index (χ1) is 10.8. The van der Waals surface area contributed by atoms with E-state index in [1.165, 1.54) is 12.8 Å². The summed E-state index contributed by atoms with van der Waals surface area (Å²) in [5.74, 6) is 0.904. The second-order valence-corrected chi connectivity index (χ2v) is 5.48. The minimum Gasteiger partial charge on any atom is -0.493 e. The van der Waals surface area contributed by atoms with Crippen LogP contribution in [0.5, 0.6) is 5.75 Å². The van der Waals surface area contributed by atoms with Crippen LogP contribution in [0.3, 0.4) is 0 Å². The molecule has 4 heteroatoms. The van der Waals surface area contributed by atoms with Crippen LogP contribution in [0.15, 0.2) is 23.8 Å². The molecular formula is C18H21N3O. The fraction of sp³-hybridized carbons (Fsp3) is 0.444. The predicted molar refractivity (Wildman–Crippen MR) is 85.9 cm³/mol. The monoisotopic (exact) mass is 295 g/mol. The SMILES string of the molecule is CCCOc1ccc(C=C(C#N)C#N)cc1CN1CCCC1. The van der Waals surface area contributed by atoms with Crippen molar-refractivity contribution in [1.82, 2.24) is 4.90 Å². The third kappa shape index (κ3) is 4.35. The van der Waals surface area contributed by atoms with Crippen molar-refractivity contribution in [3.63, 3.8) is 0 Å². The van der Waals surface area contributed by atoms with Crippen LogP contribution in [-0.4, -0.2) is 24.6 Å². The van der Waals surface area contributed by atoms with Gasteiger partial charge in [0.25, 0.3) is 0 Å². The van der Waals surface area contributed by atoms with E-state index in [1.807, 2.05) is 30.3 Å². The summed E-state index contributed by atoms with van der Waals surface area (Å²) in [6.07, 6.45) is 5.09. The maximum absolute atomic E-state index is 8.88. The van der Waals surface area contributed by atoms with Gasteiger partial charge in [-0.1, -0.05) is 13.0 Å². The molecule has 0 radical (unpaired) electrons. The third-order valence-electron chi connectivity index (χ3n) is 3.69. The Kier molecular flexibility index (Phi) is 6.01. The molecule has 114 valence electrons. The minimum atomic E-state index is 0.120. The van der Waals surface area contributed by atoms with Gasteiger partial charge in [-0.3, -0.25) is 4.90 Å². The zero-order valence-electron chi connectivity index (χ0n) is 13.0. The van der Waals surface area contributed by atoms with Crippen LogP contribution in [0.2, 0.25) is 0 Å². The van der Waals surface area contributed by atoms with Gasteiger partial charge in [-0.15, -0.1) is 0 Å². The molecule has 1 aromatic rings. The molecule has 1 aromatic carbocycles. The van der Waals surface area contributed by atoms with Gasteiger partial charge in [0.1, 0.15) is 23.5 Å². The van der Waals surface area contributed by atoms with Crippen molar-refractivity contribution < 1.29 is 4.74 Å². The van der Waals surface area contributed by atoms with E-state index >= 15 is 0 Å². The highest BCUT2D eigenvalue weighted by molar-refractivity contribution is 5.63. The summed E-state index contributed by atoms with van der Waals surface area (Å²) in [5, 5.41) is 17.8. The molecule has 2 rings (SSSR count). The summed E-state index contributed by atoms with van der Waals surface area (Å²) >= 11 is 0. The Morgan fingerprint density at radius 2 is 2.00 bits per heavy atom. The van der Waals surface area contributed by atoms with Crippen LogP contribution in [0.4, 0.5) is 0 Å². The molecule has 1 aliphatic rings. The van der Waals surface area contributed by atoms with E-state index < -0.39 is 0 Å². The smallest absolute Gasteiger partial charge is 0.130 e. The number of hydrogen-bond donors (Lipinski definition) is 0. The maximum Gasteiger partial charge on any atom is 0.130 e. The highest BCUT2D eigenvalue weighted by Crippen LogP contribution is 2.25. The fourth-order valence-electron chi connectivity index (χ4n) is 2.60. The highest BCUT2D eigenvalue weighted by atomic mass is 16.5. The molecule has 0 amide bonds. The number of likely N-dealkylation sites (tertiary alicyclic amines) is 1. The molecular weight excluding hydrogens is 274 g/mol. The Balaban J connectivity index is 2.25. The normalized spacial score (nSPS) is 14.1. The molecule has 0 N–H and O–H groups in total. The number of allylic oxidation sites excluding steroid dienone is 1. The van der Waals surface area contributed by atoms with Gasteiger partial charge in [-0.25, -0.2) is 0 Å². The Labute approximate surface area is 132 Å². The lowest BCUT2D eigenvalue weighted by Crippen LogP contribution is -2.19. The van der Waals surface area contributed by atoms with Gasteiger partial charge in [0, 0.05) is 12.1 Å². The number of nitrogens with zero attached hydrogens (tertiary/aromatic N) is 3. The van der Waals surface area contributed by atoms with Crippen molar-refractivity contribution in [3.05, 3.63) is 34.9 Å². The first-order valence-corrected chi connectivity index (χ1v) is 7.76. The number of rotatable bonds is 6. The Morgan fingerprint density at radius 3 is 2.64 bits per heavy atom. The molecule has 4 nitrogen and oxygen atoms in total. The molecule has 0 bridgehead atoms. The molecule has 0 aromatic heterocycles. The summed E-state index contributed by atoms with van der Waals surface area (Å²) in [6, 6.07) is 9.67. The largest absolute Gasteiger partial charge is 0.493 e. The molecule has 22 heavy (non-hydrogen) atoms. The van der Waals surface area contributed by atoms with Crippen molar-refractivity contribution in [1.29, 1.82) is 10.5 Å². The zero-order valence-corrected chi connectivity index (χ0v) is 13.0. The van der Waals surface area contributed by atoms with Crippen LogP contribution in [0.25, 0.3) is 6.08 Å². The summed E-state index contributed by atoms with van der Waals surface area (Å²) in [4.78, 5) is 2.41. The Morgan fingerprint density at radius 1 is 1.27 bits per heavy atom. The fourth-order valence-corrected chi connectivity index (χ4v) is 2.60. The van der Waals surface area contributed by atoms with Crippen molar-refractivity contribution >= 4 is 6.08 Å². The summed E-state index contributed by atoms with van der Waals surface area (Å²) in [5.41, 5.74) is 2.12. The summed E-state index contributed by atoms with van der Waals surface area (Å²) in [7, 11) is 0. The van der Waals surface area contributed by atoms with E-state index in [-0.39, 0.29) is 5.57 Å². The van der Waals surface area contributed by atoms with Crippen molar-refractivity contribution in [2.45, 2.75) is 32.7 Å². The predicted octanol–water partition coefficient (Wildman–Crippen LogP) is 3.50. The summed E-state index contributed by atoms with van der Waals surface area (Å²) < 4.78 is 5.83. The van der Waals surface area contributed by atoms with E-state index in [9.17, 15) is 0 Å². The van der Waals surface area contributed by atoms with E-state index in [1.54, 1.807) is 6.08 Å². The van der Waals surface area contributed by atoms with Crippen LogP contribution in [0, 0.1) is 22.7 Å².